The van der Waals surface area contributed by atoms with Crippen molar-refractivity contribution in [2.75, 3.05) is 13.7 Å². The number of rotatable bonds is 7. The molecule has 2 heterocycles. The van der Waals surface area contributed by atoms with E-state index in [9.17, 15) is 4.79 Å². The molecule has 0 saturated heterocycles. The molecule has 0 radical (unpaired) electrons. The number of furan rings is 1. The molecule has 0 unspecified atom stereocenters. The van der Waals surface area contributed by atoms with E-state index in [0.717, 1.165) is 20.3 Å². The summed E-state index contributed by atoms with van der Waals surface area (Å²) in [5, 5.41) is 5.76. The summed E-state index contributed by atoms with van der Waals surface area (Å²) in [7, 11) is 1.60. The van der Waals surface area contributed by atoms with Gasteiger partial charge in [-0.15, -0.1) is 0 Å². The van der Waals surface area contributed by atoms with Crippen LogP contribution < -0.4 is 15.0 Å². The van der Waals surface area contributed by atoms with Crippen molar-refractivity contribution in [2.45, 2.75) is 0 Å². The Morgan fingerprint density at radius 1 is 1.09 bits per heavy atom. The summed E-state index contributed by atoms with van der Waals surface area (Å²) in [5.41, 5.74) is 1.69. The predicted octanol–water partition coefficient (Wildman–Crippen LogP) is 5.87. The molecular formula is C27H20IN3O4. The molecule has 0 aliphatic heterocycles. The first-order chi connectivity index (χ1) is 17.1. The zero-order chi connectivity index (χ0) is 24.4. The minimum Gasteiger partial charge on any atom is -0.496 e. The highest BCUT2D eigenvalue weighted by atomic mass is 127. The minimum atomic E-state index is -0.296. The van der Waals surface area contributed by atoms with Gasteiger partial charge < -0.3 is 13.9 Å². The zero-order valence-electron chi connectivity index (χ0n) is 18.8. The Balaban J connectivity index is 1.64. The van der Waals surface area contributed by atoms with Crippen LogP contribution in [0, 0.1) is 3.57 Å². The molecule has 5 rings (SSSR count). The molecule has 8 heteroatoms. The average Bonchev–Trinajstić information content (AvgIpc) is 3.32. The molecule has 0 saturated carbocycles. The molecule has 5 aromatic rings. The average molecular weight is 577 g/mol. The number of nitrogens with zero attached hydrogens (tertiary/aromatic N) is 3. The van der Waals surface area contributed by atoms with Gasteiger partial charge in [0.1, 0.15) is 23.7 Å². The van der Waals surface area contributed by atoms with Gasteiger partial charge >= 0.3 is 0 Å². The predicted molar refractivity (Wildman–Crippen MR) is 146 cm³/mol. The standard InChI is InChI=1S/C27H20IN3O4/c1-3-13-34-24-12-11-17(14-20(24)28)16-29-31-26(30-21-8-5-4-7-18(21)27(31)32)25-15-19-22(33-2)9-6-10-23(19)35-25/h3-12,14-16H,1,13H2,2H3. The topological polar surface area (TPSA) is 78.8 Å². The van der Waals surface area contributed by atoms with Crippen LogP contribution in [0.4, 0.5) is 0 Å². The van der Waals surface area contributed by atoms with Gasteiger partial charge in [0, 0.05) is 0 Å². The van der Waals surface area contributed by atoms with Crippen LogP contribution in [0.2, 0.25) is 0 Å². The molecule has 174 valence electrons. The van der Waals surface area contributed by atoms with E-state index < -0.39 is 0 Å². The van der Waals surface area contributed by atoms with Gasteiger partial charge in [-0.05, 0) is 76.7 Å². The largest absolute Gasteiger partial charge is 0.496 e. The van der Waals surface area contributed by atoms with Gasteiger partial charge in [0.2, 0.25) is 5.82 Å². The van der Waals surface area contributed by atoms with E-state index in [0.29, 0.717) is 40.4 Å². The highest BCUT2D eigenvalue weighted by Gasteiger charge is 2.17. The number of halogens is 1. The Labute approximate surface area is 214 Å². The van der Waals surface area contributed by atoms with Gasteiger partial charge in [0.05, 0.1) is 33.2 Å². The van der Waals surface area contributed by atoms with E-state index in [2.05, 4.69) is 34.3 Å². The first-order valence-corrected chi connectivity index (χ1v) is 11.8. The van der Waals surface area contributed by atoms with Crippen molar-refractivity contribution in [1.82, 2.24) is 9.66 Å². The molecule has 0 amide bonds. The highest BCUT2D eigenvalue weighted by molar-refractivity contribution is 14.1. The normalized spacial score (nSPS) is 11.4. The molecule has 0 spiro atoms. The number of hydrogen-bond acceptors (Lipinski definition) is 6. The maximum Gasteiger partial charge on any atom is 0.282 e. The van der Waals surface area contributed by atoms with Gasteiger partial charge in [-0.1, -0.05) is 30.9 Å². The van der Waals surface area contributed by atoms with Crippen molar-refractivity contribution in [3.8, 4) is 23.1 Å². The molecule has 0 aliphatic rings. The highest BCUT2D eigenvalue weighted by Crippen LogP contribution is 2.33. The lowest BCUT2D eigenvalue weighted by Crippen LogP contribution is -2.20. The molecule has 7 nitrogen and oxygen atoms in total. The van der Waals surface area contributed by atoms with Crippen LogP contribution in [0.5, 0.6) is 11.5 Å². The summed E-state index contributed by atoms with van der Waals surface area (Å²) < 4.78 is 19.3. The van der Waals surface area contributed by atoms with Crippen molar-refractivity contribution < 1.29 is 13.9 Å². The quantitative estimate of drug-likeness (QED) is 0.137. The summed E-state index contributed by atoms with van der Waals surface area (Å²) >= 11 is 2.20. The molecule has 0 fully saturated rings. The molecule has 3 aromatic carbocycles. The number of para-hydroxylation sites is 1. The lowest BCUT2D eigenvalue weighted by atomic mass is 10.2. The fourth-order valence-electron chi connectivity index (χ4n) is 3.70. The summed E-state index contributed by atoms with van der Waals surface area (Å²) in [6.45, 7) is 4.09. The van der Waals surface area contributed by atoms with Crippen molar-refractivity contribution in [1.29, 1.82) is 0 Å². The fraction of sp³-hybridized carbons (Fsp3) is 0.0741. The van der Waals surface area contributed by atoms with Gasteiger partial charge in [-0.3, -0.25) is 4.79 Å². The number of benzene rings is 3. The molecule has 2 aromatic heterocycles. The third kappa shape index (κ3) is 4.44. The smallest absolute Gasteiger partial charge is 0.282 e. The minimum absolute atomic E-state index is 0.295. The maximum absolute atomic E-state index is 13.4. The summed E-state index contributed by atoms with van der Waals surface area (Å²) in [6, 6.07) is 20.2. The third-order valence-corrected chi connectivity index (χ3v) is 6.19. The van der Waals surface area contributed by atoms with E-state index in [1.807, 2.05) is 48.5 Å². The van der Waals surface area contributed by atoms with Gasteiger partial charge in [0.25, 0.3) is 5.56 Å². The SMILES string of the molecule is C=CCOc1ccc(C=Nn2c(-c3cc4c(OC)cccc4o3)nc3ccccc3c2=O)cc1I. The second kappa shape index (κ2) is 9.75. The Bertz CT molecular complexity index is 1650. The number of hydrogen-bond donors (Lipinski definition) is 0. The van der Waals surface area contributed by atoms with Crippen molar-refractivity contribution in [3.63, 3.8) is 0 Å². The first kappa shape index (κ1) is 22.9. The van der Waals surface area contributed by atoms with E-state index in [1.165, 1.54) is 4.68 Å². The monoisotopic (exact) mass is 577 g/mol. The molecule has 0 bridgehead atoms. The van der Waals surface area contributed by atoms with Crippen LogP contribution in [-0.4, -0.2) is 29.6 Å². The van der Waals surface area contributed by atoms with Crippen LogP contribution in [-0.2, 0) is 0 Å². The van der Waals surface area contributed by atoms with Crippen molar-refractivity contribution in [2.24, 2.45) is 5.10 Å². The van der Waals surface area contributed by atoms with Crippen LogP contribution in [0.25, 0.3) is 33.5 Å². The number of fused-ring (bicyclic) bond motifs is 2. The summed E-state index contributed by atoms with van der Waals surface area (Å²) in [4.78, 5) is 18.2. The van der Waals surface area contributed by atoms with E-state index in [1.54, 1.807) is 37.6 Å². The molecule has 0 aliphatic carbocycles. The lowest BCUT2D eigenvalue weighted by Gasteiger charge is -2.08. The Morgan fingerprint density at radius 3 is 2.74 bits per heavy atom. The first-order valence-electron chi connectivity index (χ1n) is 10.8. The second-order valence-corrected chi connectivity index (χ2v) is 8.75. The van der Waals surface area contributed by atoms with Gasteiger partial charge in [-0.25, -0.2) is 4.98 Å². The molecular weight excluding hydrogens is 557 g/mol. The van der Waals surface area contributed by atoms with Crippen LogP contribution >= 0.6 is 22.6 Å². The summed E-state index contributed by atoms with van der Waals surface area (Å²) in [6.07, 6.45) is 3.31. The van der Waals surface area contributed by atoms with Crippen molar-refractivity contribution >= 4 is 50.7 Å². The Kier molecular flexibility index (Phi) is 6.37. The molecule has 0 atom stereocenters. The van der Waals surface area contributed by atoms with E-state index >= 15 is 0 Å². The van der Waals surface area contributed by atoms with E-state index in [-0.39, 0.29) is 5.56 Å². The van der Waals surface area contributed by atoms with Gasteiger partial charge in [0.15, 0.2) is 5.76 Å². The lowest BCUT2D eigenvalue weighted by molar-refractivity contribution is 0.360. The number of methoxy groups -OCH3 is 1. The fourth-order valence-corrected chi connectivity index (χ4v) is 4.40. The van der Waals surface area contributed by atoms with E-state index in [4.69, 9.17) is 18.9 Å². The maximum atomic E-state index is 13.4. The number of aromatic nitrogens is 2. The van der Waals surface area contributed by atoms with Crippen molar-refractivity contribution in [3.05, 3.63) is 98.9 Å². The molecule has 0 N–H and O–H groups in total. The van der Waals surface area contributed by atoms with Crippen LogP contribution in [0.1, 0.15) is 5.56 Å². The second-order valence-electron chi connectivity index (χ2n) is 7.59. The molecule has 35 heavy (non-hydrogen) atoms. The van der Waals surface area contributed by atoms with Crippen LogP contribution in [0.3, 0.4) is 0 Å². The zero-order valence-corrected chi connectivity index (χ0v) is 20.9. The third-order valence-electron chi connectivity index (χ3n) is 5.35. The van der Waals surface area contributed by atoms with Gasteiger partial charge in [-0.2, -0.15) is 9.78 Å². The Hall–Kier alpha value is -3.92. The number of ether oxygens (including phenoxy) is 2. The Morgan fingerprint density at radius 2 is 1.94 bits per heavy atom. The van der Waals surface area contributed by atoms with Crippen LogP contribution in [0.15, 0.2) is 93.7 Å². The summed E-state index contributed by atoms with van der Waals surface area (Å²) in [5.74, 6) is 2.13.